The minimum absolute atomic E-state index is 0.204. The molecule has 1 unspecified atom stereocenters. The Morgan fingerprint density at radius 2 is 2.35 bits per heavy atom. The third kappa shape index (κ3) is 2.55. The molecule has 2 aromatic rings. The van der Waals surface area contributed by atoms with Gasteiger partial charge in [-0.2, -0.15) is 0 Å². The maximum Gasteiger partial charge on any atom is 0.137 e. The summed E-state index contributed by atoms with van der Waals surface area (Å²) in [6, 6.07) is 6.50. The van der Waals surface area contributed by atoms with Gasteiger partial charge in [-0.1, -0.05) is 18.3 Å². The molecule has 0 aromatic carbocycles. The van der Waals surface area contributed by atoms with Crippen molar-refractivity contribution in [2.75, 3.05) is 5.32 Å². The number of thiophene rings is 1. The second kappa shape index (κ2) is 5.50. The molecule has 2 aromatic heterocycles. The van der Waals surface area contributed by atoms with E-state index in [-0.39, 0.29) is 6.04 Å². The van der Waals surface area contributed by atoms with Crippen molar-refractivity contribution in [3.05, 3.63) is 45.3 Å². The van der Waals surface area contributed by atoms with Crippen molar-refractivity contribution in [2.24, 2.45) is 5.73 Å². The van der Waals surface area contributed by atoms with Gasteiger partial charge in [0, 0.05) is 10.6 Å². The number of rotatable bonds is 4. The molecule has 1 aliphatic carbocycles. The molecule has 3 nitrogen and oxygen atoms in total. The monoisotopic (exact) mass is 303 g/mol. The van der Waals surface area contributed by atoms with Crippen LogP contribution in [0.4, 0.5) is 5.82 Å². The first-order valence-corrected chi connectivity index (χ1v) is 8.06. The molecule has 20 heavy (non-hydrogen) atoms. The van der Waals surface area contributed by atoms with Crippen LogP contribution < -0.4 is 11.1 Å². The van der Waals surface area contributed by atoms with Crippen LogP contribution in [-0.4, -0.2) is 9.97 Å². The van der Waals surface area contributed by atoms with Gasteiger partial charge in [-0.05, 0) is 49.3 Å². The molecule has 0 amide bonds. The summed E-state index contributed by atoms with van der Waals surface area (Å²) < 4.78 is 0. The van der Waals surface area contributed by atoms with E-state index in [4.69, 9.17) is 22.9 Å². The summed E-state index contributed by atoms with van der Waals surface area (Å²) in [6.45, 7) is 2.13. The van der Waals surface area contributed by atoms with Crippen LogP contribution in [0.1, 0.15) is 41.1 Å². The minimum Gasteiger partial charge on any atom is -0.389 e. The average Bonchev–Trinajstić information content (AvgIpc) is 3.08. The molecule has 104 valence electrons. The molecule has 0 aliphatic heterocycles. The molecule has 5 heteroatoms. The standard InChI is InChI=1S/C15H17N3S2/c1-9(13-6-3-7-20-13)17-15-11(14(16)19)8-10-4-2-5-12(10)18-15/h3,6-9H,2,4-5H2,1H3,(H2,16,19)(H,17,18). The first-order valence-electron chi connectivity index (χ1n) is 6.77. The molecule has 0 radical (unpaired) electrons. The molecular formula is C15H17N3S2. The first kappa shape index (κ1) is 13.5. The van der Waals surface area contributed by atoms with Crippen LogP contribution in [-0.2, 0) is 12.8 Å². The lowest BCUT2D eigenvalue weighted by atomic mass is 10.1. The molecule has 0 saturated heterocycles. The number of nitrogens with zero attached hydrogens (tertiary/aromatic N) is 1. The van der Waals surface area contributed by atoms with Gasteiger partial charge >= 0.3 is 0 Å². The molecule has 1 aliphatic rings. The minimum atomic E-state index is 0.204. The van der Waals surface area contributed by atoms with Gasteiger partial charge in [0.2, 0.25) is 0 Å². The van der Waals surface area contributed by atoms with Gasteiger partial charge in [0.25, 0.3) is 0 Å². The van der Waals surface area contributed by atoms with Gasteiger partial charge in [-0.25, -0.2) is 4.98 Å². The van der Waals surface area contributed by atoms with Gasteiger partial charge in [0.05, 0.1) is 11.6 Å². The van der Waals surface area contributed by atoms with Gasteiger partial charge in [-0.15, -0.1) is 11.3 Å². The molecule has 0 fully saturated rings. The van der Waals surface area contributed by atoms with E-state index in [9.17, 15) is 0 Å². The number of nitrogens with two attached hydrogens (primary N) is 1. The number of nitrogens with one attached hydrogen (secondary N) is 1. The zero-order valence-corrected chi connectivity index (χ0v) is 13.0. The highest BCUT2D eigenvalue weighted by molar-refractivity contribution is 7.80. The molecule has 2 heterocycles. The summed E-state index contributed by atoms with van der Waals surface area (Å²) in [5.41, 5.74) is 9.20. The van der Waals surface area contributed by atoms with Crippen molar-refractivity contribution in [3.63, 3.8) is 0 Å². The van der Waals surface area contributed by atoms with Crippen LogP contribution in [0.25, 0.3) is 0 Å². The predicted octanol–water partition coefficient (Wildman–Crippen LogP) is 3.44. The molecule has 0 spiro atoms. The second-order valence-electron chi connectivity index (χ2n) is 5.09. The van der Waals surface area contributed by atoms with E-state index in [1.807, 2.05) is 0 Å². The fraction of sp³-hybridized carbons (Fsp3) is 0.333. The summed E-state index contributed by atoms with van der Waals surface area (Å²) in [5, 5.41) is 5.54. The first-order chi connectivity index (χ1) is 9.65. The van der Waals surface area contributed by atoms with Crippen molar-refractivity contribution in [2.45, 2.75) is 32.2 Å². The van der Waals surface area contributed by atoms with E-state index in [2.05, 4.69) is 35.8 Å². The summed E-state index contributed by atoms with van der Waals surface area (Å²) >= 11 is 6.91. The van der Waals surface area contributed by atoms with Gasteiger partial charge in [0.15, 0.2) is 0 Å². The summed E-state index contributed by atoms with van der Waals surface area (Å²) in [5.74, 6) is 0.819. The second-order valence-corrected chi connectivity index (χ2v) is 6.51. The number of hydrogen-bond donors (Lipinski definition) is 2. The van der Waals surface area contributed by atoms with Crippen LogP contribution in [0, 0.1) is 0 Å². The highest BCUT2D eigenvalue weighted by Gasteiger charge is 2.19. The number of anilines is 1. The van der Waals surface area contributed by atoms with Crippen LogP contribution in [0.15, 0.2) is 23.6 Å². The fourth-order valence-corrected chi connectivity index (χ4v) is 3.47. The van der Waals surface area contributed by atoms with Crippen molar-refractivity contribution < 1.29 is 0 Å². The van der Waals surface area contributed by atoms with Crippen LogP contribution in [0.3, 0.4) is 0 Å². The van der Waals surface area contributed by atoms with Crippen LogP contribution in [0.5, 0.6) is 0 Å². The summed E-state index contributed by atoms with van der Waals surface area (Å²) in [7, 11) is 0. The third-order valence-electron chi connectivity index (χ3n) is 3.64. The third-order valence-corrected chi connectivity index (χ3v) is 4.91. The number of aromatic nitrogens is 1. The number of aryl methyl sites for hydroxylation is 2. The predicted molar refractivity (Wildman–Crippen MR) is 88.5 cm³/mol. The lowest BCUT2D eigenvalue weighted by molar-refractivity contribution is 0.880. The highest BCUT2D eigenvalue weighted by atomic mass is 32.1. The Morgan fingerprint density at radius 3 is 3.05 bits per heavy atom. The van der Waals surface area contributed by atoms with Crippen molar-refractivity contribution >= 4 is 34.4 Å². The maximum atomic E-state index is 5.86. The zero-order chi connectivity index (χ0) is 14.1. The Kier molecular flexibility index (Phi) is 3.72. The Morgan fingerprint density at radius 1 is 1.50 bits per heavy atom. The Bertz CT molecular complexity index is 635. The van der Waals surface area contributed by atoms with Gasteiger partial charge in [0.1, 0.15) is 10.8 Å². The molecule has 1 atom stereocenters. The van der Waals surface area contributed by atoms with E-state index in [1.54, 1.807) is 11.3 Å². The van der Waals surface area contributed by atoms with Crippen molar-refractivity contribution in [1.29, 1.82) is 0 Å². The normalized spacial score (nSPS) is 14.8. The van der Waals surface area contributed by atoms with Crippen LogP contribution in [0.2, 0.25) is 0 Å². The SMILES string of the molecule is CC(Nc1nc2c(cc1C(N)=S)CCC2)c1cccs1. The lowest BCUT2D eigenvalue weighted by Crippen LogP contribution is -2.17. The molecule has 0 bridgehead atoms. The van der Waals surface area contributed by atoms with E-state index in [0.29, 0.717) is 4.99 Å². The zero-order valence-electron chi connectivity index (χ0n) is 11.3. The number of thiocarbonyl (C=S) groups is 1. The average molecular weight is 303 g/mol. The highest BCUT2D eigenvalue weighted by Crippen LogP contribution is 2.28. The maximum absolute atomic E-state index is 5.86. The van der Waals surface area contributed by atoms with Crippen molar-refractivity contribution in [3.8, 4) is 0 Å². The summed E-state index contributed by atoms with van der Waals surface area (Å²) in [6.07, 6.45) is 3.30. The molecule has 0 saturated carbocycles. The number of pyridine rings is 1. The number of fused-ring (bicyclic) bond motifs is 1. The van der Waals surface area contributed by atoms with E-state index in [1.165, 1.54) is 22.6 Å². The fourth-order valence-electron chi connectivity index (χ4n) is 2.58. The summed E-state index contributed by atoms with van der Waals surface area (Å²) in [4.78, 5) is 6.44. The largest absolute Gasteiger partial charge is 0.389 e. The lowest BCUT2D eigenvalue weighted by Gasteiger charge is -2.17. The van der Waals surface area contributed by atoms with E-state index >= 15 is 0 Å². The molecular weight excluding hydrogens is 286 g/mol. The molecule has 3 rings (SSSR count). The van der Waals surface area contributed by atoms with Crippen LogP contribution >= 0.6 is 23.6 Å². The Hall–Kier alpha value is -1.46. The Balaban J connectivity index is 1.94. The van der Waals surface area contributed by atoms with Gasteiger partial charge < -0.3 is 11.1 Å². The Labute approximate surface area is 128 Å². The topological polar surface area (TPSA) is 50.9 Å². The number of hydrogen-bond acceptors (Lipinski definition) is 4. The van der Waals surface area contributed by atoms with E-state index in [0.717, 1.165) is 24.2 Å². The smallest absolute Gasteiger partial charge is 0.137 e. The van der Waals surface area contributed by atoms with Gasteiger partial charge in [-0.3, -0.25) is 0 Å². The van der Waals surface area contributed by atoms with Crippen molar-refractivity contribution in [1.82, 2.24) is 4.98 Å². The molecule has 3 N–H and O–H groups in total. The van der Waals surface area contributed by atoms with E-state index < -0.39 is 0 Å². The quantitative estimate of drug-likeness (QED) is 0.850.